The second kappa shape index (κ2) is 6.90. The van der Waals surface area contributed by atoms with Crippen molar-refractivity contribution in [1.82, 2.24) is 0 Å². The summed E-state index contributed by atoms with van der Waals surface area (Å²) in [6.45, 7) is 0. The highest BCUT2D eigenvalue weighted by atomic mass is 35.5. The Labute approximate surface area is 162 Å². The Balaban J connectivity index is 1.75. The molecule has 1 heterocycles. The number of fused-ring (bicyclic) bond motifs is 3. The van der Waals surface area contributed by atoms with Gasteiger partial charge in [-0.05, 0) is 53.9 Å². The van der Waals surface area contributed by atoms with Crippen molar-refractivity contribution in [2.45, 2.75) is 18.9 Å². The number of rotatable bonds is 3. The smallest absolute Gasteiger partial charge is 0.161 e. The highest BCUT2D eigenvalue weighted by molar-refractivity contribution is 6.35. The second-order valence-corrected chi connectivity index (χ2v) is 7.13. The van der Waals surface area contributed by atoms with Crippen molar-refractivity contribution in [1.29, 1.82) is 0 Å². The average molecular weight is 389 g/mol. The van der Waals surface area contributed by atoms with Crippen molar-refractivity contribution in [3.8, 4) is 17.2 Å². The van der Waals surface area contributed by atoms with Crippen LogP contribution in [0.4, 0.5) is 0 Å². The SMILES string of the molecule is COc1cc2ccc3c(c2cc1OC)CCC(c1ccc(Cl)cc1Cl)O3. The first-order chi connectivity index (χ1) is 12.6. The van der Waals surface area contributed by atoms with E-state index in [4.69, 9.17) is 37.4 Å². The summed E-state index contributed by atoms with van der Waals surface area (Å²) in [5, 5.41) is 3.49. The summed E-state index contributed by atoms with van der Waals surface area (Å²) in [6.07, 6.45) is 1.66. The molecule has 0 N–H and O–H groups in total. The molecule has 1 unspecified atom stereocenters. The maximum absolute atomic E-state index is 6.36. The minimum Gasteiger partial charge on any atom is -0.493 e. The van der Waals surface area contributed by atoms with E-state index in [-0.39, 0.29) is 6.10 Å². The number of hydrogen-bond donors (Lipinski definition) is 0. The van der Waals surface area contributed by atoms with Crippen molar-refractivity contribution in [2.24, 2.45) is 0 Å². The number of methoxy groups -OCH3 is 2. The molecule has 0 saturated carbocycles. The summed E-state index contributed by atoms with van der Waals surface area (Å²) in [5.41, 5.74) is 2.15. The van der Waals surface area contributed by atoms with E-state index < -0.39 is 0 Å². The van der Waals surface area contributed by atoms with E-state index in [9.17, 15) is 0 Å². The first kappa shape index (κ1) is 17.3. The van der Waals surface area contributed by atoms with E-state index in [2.05, 4.69) is 0 Å². The summed E-state index contributed by atoms with van der Waals surface area (Å²) in [4.78, 5) is 0. The van der Waals surface area contributed by atoms with Crippen LogP contribution < -0.4 is 14.2 Å². The number of hydrogen-bond acceptors (Lipinski definition) is 3. The molecule has 26 heavy (non-hydrogen) atoms. The number of benzene rings is 3. The molecule has 0 saturated heterocycles. The molecule has 1 aliphatic rings. The minimum atomic E-state index is -0.0788. The molecule has 0 aliphatic carbocycles. The van der Waals surface area contributed by atoms with E-state index in [1.807, 2.05) is 36.4 Å². The van der Waals surface area contributed by atoms with E-state index >= 15 is 0 Å². The van der Waals surface area contributed by atoms with E-state index in [0.29, 0.717) is 10.0 Å². The van der Waals surface area contributed by atoms with Crippen molar-refractivity contribution < 1.29 is 14.2 Å². The van der Waals surface area contributed by atoms with Gasteiger partial charge in [0.1, 0.15) is 11.9 Å². The van der Waals surface area contributed by atoms with Crippen molar-refractivity contribution in [3.63, 3.8) is 0 Å². The minimum absolute atomic E-state index is 0.0788. The number of halogens is 2. The Morgan fingerprint density at radius 2 is 1.73 bits per heavy atom. The van der Waals surface area contributed by atoms with Crippen LogP contribution in [0.25, 0.3) is 10.8 Å². The highest BCUT2D eigenvalue weighted by Gasteiger charge is 2.25. The molecule has 0 spiro atoms. The number of aryl methyl sites for hydroxylation is 1. The van der Waals surface area contributed by atoms with Gasteiger partial charge >= 0.3 is 0 Å². The van der Waals surface area contributed by atoms with Gasteiger partial charge in [-0.15, -0.1) is 0 Å². The lowest BCUT2D eigenvalue weighted by Gasteiger charge is -2.28. The molecular formula is C21H18Cl2O3. The lowest BCUT2D eigenvalue weighted by Crippen LogP contribution is -2.15. The summed E-state index contributed by atoms with van der Waals surface area (Å²) in [6, 6.07) is 13.6. The first-order valence-electron chi connectivity index (χ1n) is 8.40. The predicted octanol–water partition coefficient (Wildman–Crippen LogP) is 6.23. The molecule has 1 aliphatic heterocycles. The molecule has 3 nitrogen and oxygen atoms in total. The largest absolute Gasteiger partial charge is 0.493 e. The van der Waals surface area contributed by atoms with Crippen molar-refractivity contribution >= 4 is 34.0 Å². The quantitative estimate of drug-likeness (QED) is 0.532. The molecule has 4 rings (SSSR count). The average Bonchev–Trinajstić information content (AvgIpc) is 2.66. The van der Waals surface area contributed by atoms with Crippen LogP contribution in [0.15, 0.2) is 42.5 Å². The zero-order chi connectivity index (χ0) is 18.3. The van der Waals surface area contributed by atoms with Crippen LogP contribution in [0, 0.1) is 0 Å². The molecule has 0 fully saturated rings. The Bertz CT molecular complexity index is 985. The maximum Gasteiger partial charge on any atom is 0.161 e. The van der Waals surface area contributed by atoms with Gasteiger partial charge in [0.15, 0.2) is 11.5 Å². The number of ether oxygens (including phenoxy) is 3. The van der Waals surface area contributed by atoms with Gasteiger partial charge in [0.2, 0.25) is 0 Å². The topological polar surface area (TPSA) is 27.7 Å². The Morgan fingerprint density at radius 3 is 2.46 bits per heavy atom. The lowest BCUT2D eigenvalue weighted by atomic mass is 9.93. The van der Waals surface area contributed by atoms with Crippen LogP contribution in [-0.2, 0) is 6.42 Å². The standard InChI is InChI=1S/C21H18Cl2O3/c1-24-20-9-12-3-7-18-14(16(12)11-21(20)25-2)6-8-19(26-18)15-5-4-13(22)10-17(15)23/h3-5,7,9-11,19H,6,8H2,1-2H3. The van der Waals surface area contributed by atoms with Gasteiger partial charge in [-0.25, -0.2) is 0 Å². The van der Waals surface area contributed by atoms with E-state index in [1.54, 1.807) is 20.3 Å². The first-order valence-corrected chi connectivity index (χ1v) is 9.15. The van der Waals surface area contributed by atoms with Gasteiger partial charge in [0.25, 0.3) is 0 Å². The summed E-state index contributed by atoms with van der Waals surface area (Å²) >= 11 is 12.4. The Hall–Kier alpha value is -2.10. The fraction of sp³-hybridized carbons (Fsp3) is 0.238. The summed E-state index contributed by atoms with van der Waals surface area (Å²) in [5.74, 6) is 2.32. The van der Waals surface area contributed by atoms with Gasteiger partial charge in [0.05, 0.1) is 14.2 Å². The van der Waals surface area contributed by atoms with Crippen LogP contribution in [0.3, 0.4) is 0 Å². The molecule has 0 bridgehead atoms. The molecule has 0 aromatic heterocycles. The molecule has 134 valence electrons. The third-order valence-electron chi connectivity index (χ3n) is 4.83. The summed E-state index contributed by atoms with van der Waals surface area (Å²) in [7, 11) is 3.29. The van der Waals surface area contributed by atoms with Gasteiger partial charge in [-0.1, -0.05) is 35.3 Å². The van der Waals surface area contributed by atoms with Crippen molar-refractivity contribution in [3.05, 3.63) is 63.6 Å². The van der Waals surface area contributed by atoms with Gasteiger partial charge in [-0.2, -0.15) is 0 Å². The van der Waals surface area contributed by atoms with Crippen LogP contribution >= 0.6 is 23.2 Å². The van der Waals surface area contributed by atoms with Crippen LogP contribution in [0.5, 0.6) is 17.2 Å². The molecule has 3 aromatic rings. The van der Waals surface area contributed by atoms with Crippen molar-refractivity contribution in [2.75, 3.05) is 14.2 Å². The molecule has 0 radical (unpaired) electrons. The highest BCUT2D eigenvalue weighted by Crippen LogP contribution is 2.43. The molecule has 3 aromatic carbocycles. The normalized spacial score (nSPS) is 16.1. The maximum atomic E-state index is 6.36. The van der Waals surface area contributed by atoms with Crippen LogP contribution in [0.1, 0.15) is 23.7 Å². The third-order valence-corrected chi connectivity index (χ3v) is 5.39. The zero-order valence-electron chi connectivity index (χ0n) is 14.5. The molecular weight excluding hydrogens is 371 g/mol. The van der Waals surface area contributed by atoms with E-state index in [0.717, 1.165) is 46.4 Å². The lowest BCUT2D eigenvalue weighted by molar-refractivity contribution is 0.177. The van der Waals surface area contributed by atoms with Gasteiger partial charge in [-0.3, -0.25) is 0 Å². The monoisotopic (exact) mass is 388 g/mol. The molecule has 5 heteroatoms. The fourth-order valence-electron chi connectivity index (χ4n) is 3.53. The summed E-state index contributed by atoms with van der Waals surface area (Å²) < 4.78 is 17.1. The Morgan fingerprint density at radius 1 is 0.962 bits per heavy atom. The fourth-order valence-corrected chi connectivity index (χ4v) is 4.06. The predicted molar refractivity (Wildman–Crippen MR) is 105 cm³/mol. The van der Waals surface area contributed by atoms with Crippen LogP contribution in [0.2, 0.25) is 10.0 Å². The van der Waals surface area contributed by atoms with Gasteiger partial charge < -0.3 is 14.2 Å². The van der Waals surface area contributed by atoms with Crippen LogP contribution in [-0.4, -0.2) is 14.2 Å². The molecule has 0 amide bonds. The van der Waals surface area contributed by atoms with E-state index in [1.165, 1.54) is 5.56 Å². The zero-order valence-corrected chi connectivity index (χ0v) is 16.0. The third kappa shape index (κ3) is 2.95. The van der Waals surface area contributed by atoms with Gasteiger partial charge in [0, 0.05) is 21.2 Å². The molecule has 1 atom stereocenters. The Kier molecular flexibility index (Phi) is 4.60. The second-order valence-electron chi connectivity index (χ2n) is 6.28.